The van der Waals surface area contributed by atoms with Crippen molar-refractivity contribution in [3.63, 3.8) is 0 Å². The Labute approximate surface area is 126 Å². The van der Waals surface area contributed by atoms with Gasteiger partial charge in [0.1, 0.15) is 11.3 Å². The number of hydrogen-bond acceptors (Lipinski definition) is 3. The van der Waals surface area contributed by atoms with Crippen molar-refractivity contribution in [3.8, 4) is 0 Å². The summed E-state index contributed by atoms with van der Waals surface area (Å²) < 4.78 is 29.2. The Morgan fingerprint density at radius 2 is 2.09 bits per heavy atom. The molecule has 3 heterocycles. The maximum atomic E-state index is 13.9. The highest BCUT2D eigenvalue weighted by Crippen LogP contribution is 2.25. The van der Waals surface area contributed by atoms with Crippen LogP contribution in [0.2, 0.25) is 0 Å². The van der Waals surface area contributed by atoms with Crippen LogP contribution < -0.4 is 4.90 Å². The number of aromatic nitrogens is 3. The van der Waals surface area contributed by atoms with Crippen LogP contribution in [0.3, 0.4) is 0 Å². The normalized spacial score (nSPS) is 14.4. The second-order valence-electron chi connectivity index (χ2n) is 5.57. The van der Waals surface area contributed by atoms with Crippen LogP contribution in [-0.4, -0.2) is 21.1 Å². The lowest BCUT2D eigenvalue weighted by molar-refractivity contribution is 0.589. The number of nitrogens with zero attached hydrogens (tertiary/aromatic N) is 4. The first-order valence-electron chi connectivity index (χ1n) is 7.11. The smallest absolute Gasteiger partial charge is 0.226 e. The fourth-order valence-electron chi connectivity index (χ4n) is 3.00. The van der Waals surface area contributed by atoms with Gasteiger partial charge >= 0.3 is 0 Å². The van der Waals surface area contributed by atoms with E-state index in [1.54, 1.807) is 0 Å². The van der Waals surface area contributed by atoms with Gasteiger partial charge in [-0.15, -0.1) is 0 Å². The van der Waals surface area contributed by atoms with E-state index in [0.717, 1.165) is 19.0 Å². The molecule has 0 saturated heterocycles. The molecule has 1 aromatic carbocycles. The molecule has 1 aliphatic rings. The first-order chi connectivity index (χ1) is 10.6. The van der Waals surface area contributed by atoms with E-state index in [1.165, 1.54) is 23.5 Å². The third-order valence-corrected chi connectivity index (χ3v) is 4.15. The maximum absolute atomic E-state index is 13.9. The number of anilines is 1. The Hall–Kier alpha value is -2.50. The highest BCUT2D eigenvalue weighted by atomic mass is 19.1. The molecule has 0 amide bonds. The maximum Gasteiger partial charge on any atom is 0.226 e. The zero-order valence-corrected chi connectivity index (χ0v) is 12.1. The van der Waals surface area contributed by atoms with Crippen LogP contribution in [0.15, 0.2) is 30.6 Å². The summed E-state index contributed by atoms with van der Waals surface area (Å²) in [5.41, 5.74) is 2.70. The molecule has 112 valence electrons. The molecule has 3 aromatic rings. The summed E-state index contributed by atoms with van der Waals surface area (Å²) in [6, 6.07) is 4.18. The summed E-state index contributed by atoms with van der Waals surface area (Å²) in [6.45, 7) is 1.48. The molecule has 0 N–H and O–H groups in total. The molecule has 0 bridgehead atoms. The summed E-state index contributed by atoms with van der Waals surface area (Å²) in [6.07, 6.45) is 4.41. The average molecular weight is 300 g/mol. The Bertz CT molecular complexity index is 872. The van der Waals surface area contributed by atoms with Crippen LogP contribution in [0, 0.1) is 11.6 Å². The van der Waals surface area contributed by atoms with Crippen molar-refractivity contribution in [2.45, 2.75) is 13.0 Å². The van der Waals surface area contributed by atoms with Crippen molar-refractivity contribution in [3.05, 3.63) is 53.5 Å². The predicted molar refractivity (Wildman–Crippen MR) is 79.6 cm³/mol. The second kappa shape index (κ2) is 4.76. The number of benzene rings is 1. The van der Waals surface area contributed by atoms with Gasteiger partial charge in [0.05, 0.1) is 0 Å². The minimum atomic E-state index is -0.656. The van der Waals surface area contributed by atoms with Crippen LogP contribution in [0.25, 0.3) is 10.9 Å². The standard InChI is InChI=1S/C16H14F2N4/c1-21-4-2-10-9-22(5-3-14(10)21)16-19-8-11-6-12(17)7-13(18)15(11)20-16/h2,4,6-8H,3,5,9H2,1H3. The first-order valence-corrected chi connectivity index (χ1v) is 7.11. The van der Waals surface area contributed by atoms with Gasteiger partial charge in [0.2, 0.25) is 5.95 Å². The number of rotatable bonds is 1. The van der Waals surface area contributed by atoms with E-state index in [0.29, 0.717) is 17.9 Å². The molecule has 0 saturated carbocycles. The molecular formula is C16H14F2N4. The van der Waals surface area contributed by atoms with E-state index in [-0.39, 0.29) is 5.52 Å². The Morgan fingerprint density at radius 1 is 1.23 bits per heavy atom. The molecule has 2 aromatic heterocycles. The summed E-state index contributed by atoms with van der Waals surface area (Å²) in [4.78, 5) is 10.6. The van der Waals surface area contributed by atoms with Crippen LogP contribution >= 0.6 is 0 Å². The number of hydrogen-bond donors (Lipinski definition) is 0. The van der Waals surface area contributed by atoms with E-state index >= 15 is 0 Å². The lowest BCUT2D eigenvalue weighted by Crippen LogP contribution is -2.32. The number of fused-ring (bicyclic) bond motifs is 2. The number of aryl methyl sites for hydroxylation is 1. The molecule has 0 aliphatic carbocycles. The van der Waals surface area contributed by atoms with E-state index in [4.69, 9.17) is 0 Å². The summed E-state index contributed by atoms with van der Waals surface area (Å²) in [5.74, 6) is -0.795. The van der Waals surface area contributed by atoms with Gasteiger partial charge in [-0.1, -0.05) is 0 Å². The van der Waals surface area contributed by atoms with E-state index in [9.17, 15) is 8.78 Å². The Kier molecular flexibility index (Phi) is 2.85. The van der Waals surface area contributed by atoms with Crippen LogP contribution in [0.1, 0.15) is 11.3 Å². The van der Waals surface area contributed by atoms with E-state index < -0.39 is 11.6 Å². The van der Waals surface area contributed by atoms with Gasteiger partial charge in [-0.2, -0.15) is 0 Å². The van der Waals surface area contributed by atoms with Gasteiger partial charge in [0, 0.05) is 56.1 Å². The summed E-state index contributed by atoms with van der Waals surface area (Å²) in [7, 11) is 2.03. The summed E-state index contributed by atoms with van der Waals surface area (Å²) >= 11 is 0. The molecular weight excluding hydrogens is 286 g/mol. The van der Waals surface area contributed by atoms with Gasteiger partial charge in [-0.05, 0) is 17.7 Å². The highest BCUT2D eigenvalue weighted by molar-refractivity contribution is 5.79. The molecule has 0 unspecified atom stereocenters. The molecule has 0 atom stereocenters. The quantitative estimate of drug-likeness (QED) is 0.693. The van der Waals surface area contributed by atoms with E-state index in [1.807, 2.05) is 18.1 Å². The predicted octanol–water partition coefficient (Wildman–Crippen LogP) is 2.81. The van der Waals surface area contributed by atoms with E-state index in [2.05, 4.69) is 20.6 Å². The lowest BCUT2D eigenvalue weighted by Gasteiger charge is -2.27. The van der Waals surface area contributed by atoms with Crippen LogP contribution in [-0.2, 0) is 20.0 Å². The fourth-order valence-corrected chi connectivity index (χ4v) is 3.00. The van der Waals surface area contributed by atoms with Gasteiger partial charge in [-0.25, -0.2) is 18.7 Å². The first kappa shape index (κ1) is 13.2. The Morgan fingerprint density at radius 3 is 2.95 bits per heavy atom. The molecule has 4 nitrogen and oxygen atoms in total. The fraction of sp³-hybridized carbons (Fsp3) is 0.250. The molecule has 0 spiro atoms. The largest absolute Gasteiger partial charge is 0.354 e. The van der Waals surface area contributed by atoms with Crippen molar-refractivity contribution in [2.75, 3.05) is 11.4 Å². The van der Waals surface area contributed by atoms with Crippen LogP contribution in [0.5, 0.6) is 0 Å². The van der Waals surface area contributed by atoms with Gasteiger partial charge < -0.3 is 9.47 Å². The monoisotopic (exact) mass is 300 g/mol. The minimum Gasteiger partial charge on any atom is -0.354 e. The Balaban J connectivity index is 1.73. The van der Waals surface area contributed by atoms with Crippen LogP contribution in [0.4, 0.5) is 14.7 Å². The third kappa shape index (κ3) is 2.03. The second-order valence-corrected chi connectivity index (χ2v) is 5.57. The molecule has 4 rings (SSSR count). The van der Waals surface area contributed by atoms with Gasteiger partial charge in [-0.3, -0.25) is 0 Å². The van der Waals surface area contributed by atoms with Crippen molar-refractivity contribution in [2.24, 2.45) is 7.05 Å². The lowest BCUT2D eigenvalue weighted by atomic mass is 10.1. The number of halogens is 2. The topological polar surface area (TPSA) is 34.0 Å². The van der Waals surface area contributed by atoms with Gasteiger partial charge in [0.15, 0.2) is 5.82 Å². The van der Waals surface area contributed by atoms with Crippen molar-refractivity contribution in [1.82, 2.24) is 14.5 Å². The van der Waals surface area contributed by atoms with Crippen molar-refractivity contribution < 1.29 is 8.78 Å². The molecule has 6 heteroatoms. The zero-order chi connectivity index (χ0) is 15.3. The molecule has 0 radical (unpaired) electrons. The van der Waals surface area contributed by atoms with Crippen molar-refractivity contribution >= 4 is 16.9 Å². The molecule has 1 aliphatic heterocycles. The third-order valence-electron chi connectivity index (χ3n) is 4.15. The minimum absolute atomic E-state index is 0.158. The average Bonchev–Trinajstić information content (AvgIpc) is 2.88. The molecule has 22 heavy (non-hydrogen) atoms. The zero-order valence-electron chi connectivity index (χ0n) is 12.1. The SMILES string of the molecule is Cn1ccc2c1CCN(c1ncc3cc(F)cc(F)c3n1)C2. The highest BCUT2D eigenvalue weighted by Gasteiger charge is 2.21. The molecule has 0 fully saturated rings. The van der Waals surface area contributed by atoms with Crippen molar-refractivity contribution in [1.29, 1.82) is 0 Å². The summed E-state index contributed by atoms with van der Waals surface area (Å²) in [5, 5.41) is 0.374. The van der Waals surface area contributed by atoms with Gasteiger partial charge in [0.25, 0.3) is 0 Å².